The lowest BCUT2D eigenvalue weighted by Crippen LogP contribution is -2.35. The number of nitrogens with one attached hydrogen (secondary N) is 1. The predicted octanol–water partition coefficient (Wildman–Crippen LogP) is 2.71. The molecule has 1 fully saturated rings. The molecule has 20 heavy (non-hydrogen) atoms. The number of rotatable bonds is 5. The van der Waals surface area contributed by atoms with Gasteiger partial charge in [0.15, 0.2) is 0 Å². The maximum absolute atomic E-state index is 6.18. The number of pyridine rings is 1. The Hall–Kier alpha value is -0.840. The number of aromatic nitrogens is 1. The Morgan fingerprint density at radius 3 is 2.75 bits per heavy atom. The zero-order chi connectivity index (χ0) is 14.5. The van der Waals surface area contributed by atoms with Crippen LogP contribution in [0.2, 0.25) is 5.02 Å². The normalized spacial score (nSPS) is 17.6. The second-order valence-electron chi connectivity index (χ2n) is 5.73. The average Bonchev–Trinajstić information content (AvgIpc) is 2.42. The first kappa shape index (κ1) is 15.5. The van der Waals surface area contributed by atoms with E-state index in [1.54, 1.807) is 0 Å². The van der Waals surface area contributed by atoms with Crippen molar-refractivity contribution in [2.75, 3.05) is 20.1 Å². The molecular weight excluding hydrogens is 274 g/mol. The van der Waals surface area contributed by atoms with Gasteiger partial charge in [-0.15, -0.1) is 0 Å². The third kappa shape index (κ3) is 4.62. The Kier molecular flexibility index (Phi) is 5.64. The highest BCUT2D eigenvalue weighted by Gasteiger charge is 2.18. The fourth-order valence-corrected chi connectivity index (χ4v) is 2.40. The minimum absolute atomic E-state index is 0.269. The summed E-state index contributed by atoms with van der Waals surface area (Å²) in [6.07, 6.45) is 2.38. The maximum Gasteiger partial charge on any atom is 0.213 e. The van der Waals surface area contributed by atoms with Crippen molar-refractivity contribution in [3.8, 4) is 5.88 Å². The third-order valence-corrected chi connectivity index (χ3v) is 3.87. The van der Waals surface area contributed by atoms with Crippen LogP contribution in [0.4, 0.5) is 0 Å². The van der Waals surface area contributed by atoms with Crippen LogP contribution in [0, 0.1) is 0 Å². The summed E-state index contributed by atoms with van der Waals surface area (Å²) < 4.78 is 5.98. The van der Waals surface area contributed by atoms with Crippen LogP contribution in [-0.4, -0.2) is 42.2 Å². The van der Waals surface area contributed by atoms with Crippen molar-refractivity contribution in [2.24, 2.45) is 0 Å². The first-order valence-electron chi connectivity index (χ1n) is 7.28. The zero-order valence-corrected chi connectivity index (χ0v) is 13.3. The first-order valence-corrected chi connectivity index (χ1v) is 7.66. The van der Waals surface area contributed by atoms with Gasteiger partial charge >= 0.3 is 0 Å². The largest absolute Gasteiger partial charge is 0.474 e. The quantitative estimate of drug-likeness (QED) is 0.907. The van der Waals surface area contributed by atoms with E-state index in [4.69, 9.17) is 16.3 Å². The molecule has 0 amide bonds. The van der Waals surface area contributed by atoms with Crippen molar-refractivity contribution in [2.45, 2.75) is 45.4 Å². The number of hydrogen-bond acceptors (Lipinski definition) is 4. The van der Waals surface area contributed by atoms with Gasteiger partial charge in [0.1, 0.15) is 6.10 Å². The van der Waals surface area contributed by atoms with Crippen LogP contribution in [-0.2, 0) is 6.54 Å². The molecule has 0 atom stereocenters. The molecule has 2 heterocycles. The molecule has 2 rings (SSSR count). The lowest BCUT2D eigenvalue weighted by atomic mass is 10.1. The smallest absolute Gasteiger partial charge is 0.213 e. The molecule has 1 N–H and O–H groups in total. The van der Waals surface area contributed by atoms with E-state index in [2.05, 4.69) is 36.1 Å². The van der Waals surface area contributed by atoms with Gasteiger partial charge in [0, 0.05) is 31.7 Å². The van der Waals surface area contributed by atoms with Crippen LogP contribution in [0.3, 0.4) is 0 Å². The van der Waals surface area contributed by atoms with E-state index in [9.17, 15) is 0 Å². The number of halogens is 1. The van der Waals surface area contributed by atoms with Crippen molar-refractivity contribution >= 4 is 11.6 Å². The van der Waals surface area contributed by atoms with Gasteiger partial charge in [-0.05, 0) is 26.0 Å². The predicted molar refractivity (Wildman–Crippen MR) is 82.4 cm³/mol. The van der Waals surface area contributed by atoms with E-state index >= 15 is 0 Å². The fourth-order valence-electron chi connectivity index (χ4n) is 2.23. The van der Waals surface area contributed by atoms with Crippen LogP contribution in [0.1, 0.15) is 32.4 Å². The monoisotopic (exact) mass is 297 g/mol. The summed E-state index contributed by atoms with van der Waals surface area (Å²) in [6, 6.07) is 4.14. The number of ether oxygens (including phenoxy) is 1. The topological polar surface area (TPSA) is 37.4 Å². The van der Waals surface area contributed by atoms with E-state index in [0.29, 0.717) is 23.5 Å². The summed E-state index contributed by atoms with van der Waals surface area (Å²) in [6.45, 7) is 7.04. The zero-order valence-electron chi connectivity index (χ0n) is 12.5. The molecule has 0 bridgehead atoms. The van der Waals surface area contributed by atoms with Crippen molar-refractivity contribution < 1.29 is 4.74 Å². The fraction of sp³-hybridized carbons (Fsp3) is 0.667. The lowest BCUT2D eigenvalue weighted by molar-refractivity contribution is 0.110. The Bertz CT molecular complexity index is 431. The van der Waals surface area contributed by atoms with Crippen molar-refractivity contribution in [1.82, 2.24) is 15.2 Å². The molecule has 0 radical (unpaired) electrons. The van der Waals surface area contributed by atoms with E-state index < -0.39 is 0 Å². The summed E-state index contributed by atoms with van der Waals surface area (Å²) in [5.74, 6) is 0.685. The first-order chi connectivity index (χ1) is 9.54. The highest BCUT2D eigenvalue weighted by atomic mass is 35.5. The molecule has 1 saturated heterocycles. The van der Waals surface area contributed by atoms with Gasteiger partial charge in [-0.2, -0.15) is 0 Å². The Morgan fingerprint density at radius 1 is 1.40 bits per heavy atom. The lowest BCUT2D eigenvalue weighted by Gasteiger charge is -2.29. The average molecular weight is 298 g/mol. The van der Waals surface area contributed by atoms with Gasteiger partial charge in [-0.1, -0.05) is 25.4 Å². The Labute approximate surface area is 126 Å². The minimum atomic E-state index is 0.269. The van der Waals surface area contributed by atoms with Crippen molar-refractivity contribution in [3.63, 3.8) is 0 Å². The van der Waals surface area contributed by atoms with E-state index in [1.807, 2.05) is 12.1 Å². The van der Waals surface area contributed by atoms with Crippen LogP contribution in [0.15, 0.2) is 12.1 Å². The molecule has 0 unspecified atom stereocenters. The second kappa shape index (κ2) is 7.25. The standard InChI is InChI=1S/C15H24ClN3O/c1-11(2)17-10-14-13(16)4-5-15(18-14)20-12-6-8-19(3)9-7-12/h4-5,11-12,17H,6-10H2,1-3H3. The van der Waals surface area contributed by atoms with Crippen molar-refractivity contribution in [1.29, 1.82) is 0 Å². The molecular formula is C15H24ClN3O. The van der Waals surface area contributed by atoms with Gasteiger partial charge in [-0.25, -0.2) is 4.98 Å². The minimum Gasteiger partial charge on any atom is -0.474 e. The summed E-state index contributed by atoms with van der Waals surface area (Å²) in [7, 11) is 2.15. The molecule has 0 saturated carbocycles. The SMILES string of the molecule is CC(C)NCc1nc(OC2CCN(C)CC2)ccc1Cl. The van der Waals surface area contributed by atoms with Gasteiger partial charge in [0.25, 0.3) is 0 Å². The molecule has 0 aliphatic carbocycles. The van der Waals surface area contributed by atoms with Gasteiger partial charge in [-0.3, -0.25) is 0 Å². The Morgan fingerprint density at radius 2 is 2.10 bits per heavy atom. The Balaban J connectivity index is 1.96. The number of hydrogen-bond donors (Lipinski definition) is 1. The van der Waals surface area contributed by atoms with Crippen LogP contribution in [0.5, 0.6) is 5.88 Å². The van der Waals surface area contributed by atoms with Gasteiger partial charge in [0.2, 0.25) is 5.88 Å². The number of likely N-dealkylation sites (tertiary alicyclic amines) is 1. The third-order valence-electron chi connectivity index (χ3n) is 3.52. The summed E-state index contributed by atoms with van der Waals surface area (Å²) >= 11 is 6.18. The molecule has 5 heteroatoms. The number of piperidine rings is 1. The molecule has 112 valence electrons. The summed E-state index contributed by atoms with van der Waals surface area (Å²) in [5, 5.41) is 4.02. The second-order valence-corrected chi connectivity index (χ2v) is 6.14. The summed E-state index contributed by atoms with van der Waals surface area (Å²) in [5.41, 5.74) is 0.853. The van der Waals surface area contributed by atoms with Gasteiger partial charge in [0.05, 0.1) is 10.7 Å². The molecule has 0 spiro atoms. The maximum atomic E-state index is 6.18. The highest BCUT2D eigenvalue weighted by molar-refractivity contribution is 6.31. The molecule has 0 aromatic carbocycles. The molecule has 1 aliphatic rings. The molecule has 1 aromatic rings. The number of nitrogens with zero attached hydrogens (tertiary/aromatic N) is 2. The molecule has 4 nitrogen and oxygen atoms in total. The summed E-state index contributed by atoms with van der Waals surface area (Å²) in [4.78, 5) is 6.85. The van der Waals surface area contributed by atoms with E-state index in [-0.39, 0.29) is 6.10 Å². The molecule has 1 aromatic heterocycles. The van der Waals surface area contributed by atoms with Crippen LogP contribution in [0.25, 0.3) is 0 Å². The molecule has 1 aliphatic heterocycles. The highest BCUT2D eigenvalue weighted by Crippen LogP contribution is 2.21. The van der Waals surface area contributed by atoms with Crippen LogP contribution < -0.4 is 10.1 Å². The van der Waals surface area contributed by atoms with E-state index in [1.165, 1.54) is 0 Å². The van der Waals surface area contributed by atoms with E-state index in [0.717, 1.165) is 31.6 Å². The van der Waals surface area contributed by atoms with Crippen molar-refractivity contribution in [3.05, 3.63) is 22.8 Å². The van der Waals surface area contributed by atoms with Crippen LogP contribution >= 0.6 is 11.6 Å². The van der Waals surface area contributed by atoms with Gasteiger partial charge < -0.3 is 15.0 Å².